The van der Waals surface area contributed by atoms with Gasteiger partial charge in [-0.25, -0.2) is 9.18 Å². The summed E-state index contributed by atoms with van der Waals surface area (Å²) in [7, 11) is 1.18. The second-order valence-corrected chi connectivity index (χ2v) is 2.73. The van der Waals surface area contributed by atoms with E-state index in [2.05, 4.69) is 4.74 Å². The molecule has 0 aliphatic rings. The van der Waals surface area contributed by atoms with Gasteiger partial charge in [-0.2, -0.15) is 0 Å². The SMILES string of the molecule is COC(=O)c1cc(F)cc(N)c1Cl. The summed E-state index contributed by atoms with van der Waals surface area (Å²) in [6.07, 6.45) is 0. The average Bonchev–Trinajstić information content (AvgIpc) is 2.10. The third-order valence-electron chi connectivity index (χ3n) is 1.47. The molecular weight excluding hydrogens is 197 g/mol. The standard InChI is InChI=1S/C8H7ClFNO2/c1-13-8(12)5-2-4(10)3-6(11)7(5)9/h2-3H,11H2,1H3. The second kappa shape index (κ2) is 3.62. The number of esters is 1. The van der Waals surface area contributed by atoms with Gasteiger partial charge in [0.05, 0.1) is 23.4 Å². The fourth-order valence-electron chi connectivity index (χ4n) is 0.869. The fraction of sp³-hybridized carbons (Fsp3) is 0.125. The number of rotatable bonds is 1. The van der Waals surface area contributed by atoms with E-state index in [4.69, 9.17) is 17.3 Å². The molecule has 0 atom stereocenters. The van der Waals surface area contributed by atoms with Gasteiger partial charge in [-0.05, 0) is 12.1 Å². The Morgan fingerprint density at radius 1 is 1.62 bits per heavy atom. The highest BCUT2D eigenvalue weighted by molar-refractivity contribution is 6.36. The Bertz CT molecular complexity index is 354. The summed E-state index contributed by atoms with van der Waals surface area (Å²) in [6.45, 7) is 0. The van der Waals surface area contributed by atoms with Gasteiger partial charge in [0.2, 0.25) is 0 Å². The predicted molar refractivity (Wildman–Crippen MR) is 47.2 cm³/mol. The van der Waals surface area contributed by atoms with E-state index in [1.165, 1.54) is 7.11 Å². The second-order valence-electron chi connectivity index (χ2n) is 2.35. The third-order valence-corrected chi connectivity index (χ3v) is 1.89. The normalized spacial score (nSPS) is 9.77. The van der Waals surface area contributed by atoms with Crippen molar-refractivity contribution in [3.05, 3.63) is 28.5 Å². The van der Waals surface area contributed by atoms with Gasteiger partial charge < -0.3 is 10.5 Å². The van der Waals surface area contributed by atoms with Gasteiger partial charge in [-0.3, -0.25) is 0 Å². The van der Waals surface area contributed by atoms with Gasteiger partial charge in [0.25, 0.3) is 0 Å². The van der Waals surface area contributed by atoms with E-state index in [1.807, 2.05) is 0 Å². The highest BCUT2D eigenvalue weighted by atomic mass is 35.5. The summed E-state index contributed by atoms with van der Waals surface area (Å²) in [6, 6.07) is 2.01. The molecule has 13 heavy (non-hydrogen) atoms. The van der Waals surface area contributed by atoms with Crippen LogP contribution in [0.2, 0.25) is 5.02 Å². The van der Waals surface area contributed by atoms with Crippen molar-refractivity contribution >= 4 is 23.3 Å². The van der Waals surface area contributed by atoms with Crippen LogP contribution in [0.3, 0.4) is 0 Å². The van der Waals surface area contributed by atoms with Crippen LogP contribution in [-0.2, 0) is 4.74 Å². The van der Waals surface area contributed by atoms with Crippen molar-refractivity contribution in [3.63, 3.8) is 0 Å². The van der Waals surface area contributed by atoms with Gasteiger partial charge in [-0.15, -0.1) is 0 Å². The van der Waals surface area contributed by atoms with Crippen molar-refractivity contribution in [2.45, 2.75) is 0 Å². The number of nitrogen functional groups attached to an aromatic ring is 1. The molecule has 5 heteroatoms. The maximum Gasteiger partial charge on any atom is 0.339 e. The minimum Gasteiger partial charge on any atom is -0.465 e. The highest BCUT2D eigenvalue weighted by Crippen LogP contribution is 2.25. The zero-order valence-electron chi connectivity index (χ0n) is 6.80. The van der Waals surface area contributed by atoms with Gasteiger partial charge in [0, 0.05) is 0 Å². The minimum absolute atomic E-state index is 0.00764. The number of benzene rings is 1. The van der Waals surface area contributed by atoms with Gasteiger partial charge in [0.1, 0.15) is 5.82 Å². The van der Waals surface area contributed by atoms with Crippen LogP contribution in [0.4, 0.5) is 10.1 Å². The molecule has 0 spiro atoms. The van der Waals surface area contributed by atoms with Crippen LogP contribution in [0, 0.1) is 5.82 Å². The molecule has 0 radical (unpaired) electrons. The molecule has 1 aromatic carbocycles. The molecule has 0 unspecified atom stereocenters. The summed E-state index contributed by atoms with van der Waals surface area (Å²) in [4.78, 5) is 11.0. The number of hydrogen-bond donors (Lipinski definition) is 1. The Balaban J connectivity index is 3.28. The Labute approximate surface area is 79.2 Å². The number of ether oxygens (including phenoxy) is 1. The summed E-state index contributed by atoms with van der Waals surface area (Å²) >= 11 is 5.65. The monoisotopic (exact) mass is 203 g/mol. The van der Waals surface area contributed by atoms with Gasteiger partial charge >= 0.3 is 5.97 Å². The van der Waals surface area contributed by atoms with Crippen LogP contribution < -0.4 is 5.73 Å². The van der Waals surface area contributed by atoms with Crippen molar-refractivity contribution in [2.75, 3.05) is 12.8 Å². The first-order valence-corrected chi connectivity index (χ1v) is 3.77. The lowest BCUT2D eigenvalue weighted by atomic mass is 10.2. The van der Waals surface area contributed by atoms with E-state index < -0.39 is 11.8 Å². The van der Waals surface area contributed by atoms with Gasteiger partial charge in [0.15, 0.2) is 0 Å². The summed E-state index contributed by atoms with van der Waals surface area (Å²) in [5.74, 6) is -1.33. The van der Waals surface area contributed by atoms with E-state index in [0.717, 1.165) is 12.1 Å². The molecule has 2 N–H and O–H groups in total. The smallest absolute Gasteiger partial charge is 0.339 e. The predicted octanol–water partition coefficient (Wildman–Crippen LogP) is 1.85. The summed E-state index contributed by atoms with van der Waals surface area (Å²) < 4.78 is 17.1. The zero-order valence-corrected chi connectivity index (χ0v) is 7.56. The summed E-state index contributed by atoms with van der Waals surface area (Å²) in [5.41, 5.74) is 5.28. The molecular formula is C8H7ClFNO2. The van der Waals surface area contributed by atoms with Crippen LogP contribution in [0.15, 0.2) is 12.1 Å². The first kappa shape index (κ1) is 9.80. The van der Waals surface area contributed by atoms with E-state index in [1.54, 1.807) is 0 Å². The Kier molecular flexibility index (Phi) is 2.72. The molecule has 0 aliphatic heterocycles. The lowest BCUT2D eigenvalue weighted by Gasteiger charge is -2.04. The first-order valence-electron chi connectivity index (χ1n) is 3.39. The topological polar surface area (TPSA) is 52.3 Å². The van der Waals surface area contributed by atoms with Crippen LogP contribution in [0.5, 0.6) is 0 Å². The average molecular weight is 204 g/mol. The molecule has 1 aromatic rings. The van der Waals surface area contributed by atoms with E-state index >= 15 is 0 Å². The zero-order chi connectivity index (χ0) is 10.0. The molecule has 0 saturated heterocycles. The molecule has 70 valence electrons. The number of nitrogens with two attached hydrogens (primary N) is 1. The Morgan fingerprint density at radius 2 is 2.23 bits per heavy atom. The Morgan fingerprint density at radius 3 is 2.77 bits per heavy atom. The molecule has 0 aliphatic carbocycles. The number of methoxy groups -OCH3 is 1. The summed E-state index contributed by atoms with van der Waals surface area (Å²) in [5, 5.41) is 0.00764. The minimum atomic E-state index is -0.712. The van der Waals surface area contributed by atoms with E-state index in [-0.39, 0.29) is 16.3 Å². The van der Waals surface area contributed by atoms with Crippen molar-refractivity contribution in [3.8, 4) is 0 Å². The van der Waals surface area contributed by atoms with Crippen LogP contribution >= 0.6 is 11.6 Å². The number of carbonyl (C=O) groups is 1. The van der Waals surface area contributed by atoms with Crippen LogP contribution in [-0.4, -0.2) is 13.1 Å². The maximum absolute atomic E-state index is 12.8. The molecule has 0 fully saturated rings. The van der Waals surface area contributed by atoms with E-state index in [9.17, 15) is 9.18 Å². The molecule has 0 bridgehead atoms. The first-order chi connectivity index (χ1) is 6.06. The molecule has 3 nitrogen and oxygen atoms in total. The highest BCUT2D eigenvalue weighted by Gasteiger charge is 2.14. The van der Waals surface area contributed by atoms with Crippen molar-refractivity contribution in [1.29, 1.82) is 0 Å². The van der Waals surface area contributed by atoms with Crippen molar-refractivity contribution in [1.82, 2.24) is 0 Å². The number of anilines is 1. The van der Waals surface area contributed by atoms with Crippen LogP contribution in [0.1, 0.15) is 10.4 Å². The Hall–Kier alpha value is -1.29. The maximum atomic E-state index is 12.8. The van der Waals surface area contributed by atoms with Crippen LogP contribution in [0.25, 0.3) is 0 Å². The lowest BCUT2D eigenvalue weighted by molar-refractivity contribution is 0.0600. The number of hydrogen-bond acceptors (Lipinski definition) is 3. The van der Waals surface area contributed by atoms with Crippen molar-refractivity contribution in [2.24, 2.45) is 0 Å². The quantitative estimate of drug-likeness (QED) is 0.560. The van der Waals surface area contributed by atoms with Gasteiger partial charge in [-0.1, -0.05) is 11.6 Å². The van der Waals surface area contributed by atoms with E-state index in [0.29, 0.717) is 0 Å². The number of halogens is 2. The largest absolute Gasteiger partial charge is 0.465 e. The molecule has 0 saturated carbocycles. The fourth-order valence-corrected chi connectivity index (χ4v) is 1.06. The lowest BCUT2D eigenvalue weighted by Crippen LogP contribution is -2.04. The molecule has 0 heterocycles. The molecule has 0 amide bonds. The number of carbonyl (C=O) groups excluding carboxylic acids is 1. The third kappa shape index (κ3) is 1.89. The molecule has 1 rings (SSSR count). The van der Waals surface area contributed by atoms with Crippen molar-refractivity contribution < 1.29 is 13.9 Å². The molecule has 0 aromatic heterocycles.